The third-order valence-corrected chi connectivity index (χ3v) is 2.49. The summed E-state index contributed by atoms with van der Waals surface area (Å²) in [6.45, 7) is 0. The van der Waals surface area contributed by atoms with Gasteiger partial charge in [-0.25, -0.2) is 4.79 Å². The topological polar surface area (TPSA) is 110 Å². The molecular weight excluding hydrogens is 206 g/mol. The van der Waals surface area contributed by atoms with Crippen LogP contribution in [0.5, 0.6) is 0 Å². The minimum Gasteiger partial charge on any atom is -0.374 e. The molecule has 0 bridgehead atoms. The van der Waals surface area contributed by atoms with Gasteiger partial charge in [-0.2, -0.15) is 0 Å². The molecule has 1 unspecified atom stereocenters. The standard InChI is InChI=1S/C6H7N5O2S/c7-5-11-10-3(14-5)1-2-4(12)9-6(13)8-2/h2H,1H2,(H2,7,11)(H2,8,9,12,13). The predicted octanol–water partition coefficient (Wildman–Crippen LogP) is -1.13. The smallest absolute Gasteiger partial charge is 0.322 e. The van der Waals surface area contributed by atoms with Gasteiger partial charge in [-0.1, -0.05) is 11.3 Å². The van der Waals surface area contributed by atoms with E-state index in [2.05, 4.69) is 20.8 Å². The van der Waals surface area contributed by atoms with E-state index in [9.17, 15) is 9.59 Å². The molecule has 0 aromatic carbocycles. The molecule has 2 heterocycles. The van der Waals surface area contributed by atoms with Gasteiger partial charge in [0.15, 0.2) is 0 Å². The number of nitrogen functional groups attached to an aromatic ring is 1. The van der Waals surface area contributed by atoms with Gasteiger partial charge in [0.05, 0.1) is 0 Å². The lowest BCUT2D eigenvalue weighted by atomic mass is 10.2. The Balaban J connectivity index is 2.05. The summed E-state index contributed by atoms with van der Waals surface area (Å²) in [4.78, 5) is 21.9. The molecule has 7 nitrogen and oxygen atoms in total. The predicted molar refractivity (Wildman–Crippen MR) is 48.5 cm³/mol. The fraction of sp³-hybridized carbons (Fsp3) is 0.333. The SMILES string of the molecule is Nc1nnc(CC2NC(=O)NC2=O)s1. The first-order valence-corrected chi connectivity index (χ1v) is 4.66. The number of carbonyl (C=O) groups is 2. The Morgan fingerprint density at radius 2 is 2.21 bits per heavy atom. The second-order valence-electron chi connectivity index (χ2n) is 2.75. The molecule has 0 aliphatic carbocycles. The van der Waals surface area contributed by atoms with Crippen molar-refractivity contribution < 1.29 is 9.59 Å². The van der Waals surface area contributed by atoms with Crippen LogP contribution >= 0.6 is 11.3 Å². The molecule has 0 saturated carbocycles. The van der Waals surface area contributed by atoms with Crippen LogP contribution < -0.4 is 16.4 Å². The molecule has 1 aromatic rings. The zero-order valence-corrected chi connectivity index (χ0v) is 7.80. The summed E-state index contributed by atoms with van der Waals surface area (Å²) in [6, 6.07) is -1.03. The molecule has 8 heteroatoms. The zero-order chi connectivity index (χ0) is 10.1. The highest BCUT2D eigenvalue weighted by Gasteiger charge is 2.30. The fourth-order valence-corrected chi connectivity index (χ4v) is 1.78. The van der Waals surface area contributed by atoms with Crippen LogP contribution in [-0.4, -0.2) is 28.2 Å². The van der Waals surface area contributed by atoms with Crippen molar-refractivity contribution >= 4 is 28.4 Å². The summed E-state index contributed by atoms with van der Waals surface area (Å²) in [6.07, 6.45) is 0.326. The lowest BCUT2D eigenvalue weighted by Crippen LogP contribution is -2.31. The van der Waals surface area contributed by atoms with E-state index >= 15 is 0 Å². The lowest BCUT2D eigenvalue weighted by molar-refractivity contribution is -0.120. The highest BCUT2D eigenvalue weighted by atomic mass is 32.1. The summed E-state index contributed by atoms with van der Waals surface area (Å²) in [5, 5.41) is 12.9. The van der Waals surface area contributed by atoms with E-state index in [0.717, 1.165) is 0 Å². The number of rotatable bonds is 2. The van der Waals surface area contributed by atoms with Gasteiger partial charge in [0.25, 0.3) is 5.91 Å². The molecule has 1 aliphatic rings. The van der Waals surface area contributed by atoms with E-state index in [1.54, 1.807) is 0 Å². The molecule has 2 rings (SSSR count). The van der Waals surface area contributed by atoms with Crippen LogP contribution in [0.2, 0.25) is 0 Å². The molecule has 1 atom stereocenters. The number of hydrogen-bond donors (Lipinski definition) is 3. The van der Waals surface area contributed by atoms with Crippen molar-refractivity contribution in [3.05, 3.63) is 5.01 Å². The zero-order valence-electron chi connectivity index (χ0n) is 6.98. The maximum absolute atomic E-state index is 11.1. The molecular formula is C6H7N5O2S. The number of aromatic nitrogens is 2. The highest BCUT2D eigenvalue weighted by Crippen LogP contribution is 2.13. The van der Waals surface area contributed by atoms with Gasteiger partial charge >= 0.3 is 6.03 Å². The number of nitrogens with two attached hydrogens (primary N) is 1. The van der Waals surface area contributed by atoms with Crippen LogP contribution in [0.15, 0.2) is 0 Å². The molecule has 0 radical (unpaired) electrons. The number of nitrogens with one attached hydrogen (secondary N) is 2. The number of amides is 3. The average Bonchev–Trinajstić information content (AvgIpc) is 2.61. The number of hydrogen-bond acceptors (Lipinski definition) is 6. The summed E-state index contributed by atoms with van der Waals surface area (Å²) in [5.41, 5.74) is 5.37. The summed E-state index contributed by atoms with van der Waals surface area (Å²) >= 11 is 1.20. The average molecular weight is 213 g/mol. The molecule has 0 spiro atoms. The molecule has 1 fully saturated rings. The normalized spacial score (nSPS) is 20.7. The molecule has 1 aromatic heterocycles. The van der Waals surface area contributed by atoms with E-state index in [4.69, 9.17) is 5.73 Å². The van der Waals surface area contributed by atoms with Crippen LogP contribution in [-0.2, 0) is 11.2 Å². The van der Waals surface area contributed by atoms with Crippen molar-refractivity contribution in [3.8, 4) is 0 Å². The van der Waals surface area contributed by atoms with Crippen LogP contribution in [0.4, 0.5) is 9.93 Å². The van der Waals surface area contributed by atoms with E-state index in [1.807, 2.05) is 0 Å². The number of nitrogens with zero attached hydrogens (tertiary/aromatic N) is 2. The van der Waals surface area contributed by atoms with Crippen molar-refractivity contribution in [1.29, 1.82) is 0 Å². The molecule has 74 valence electrons. The summed E-state index contributed by atoms with van der Waals surface area (Å²) < 4.78 is 0. The van der Waals surface area contributed by atoms with Crippen molar-refractivity contribution in [2.75, 3.05) is 5.73 Å². The summed E-state index contributed by atoms with van der Waals surface area (Å²) in [7, 11) is 0. The Kier molecular flexibility index (Phi) is 2.04. The number of urea groups is 1. The van der Waals surface area contributed by atoms with Crippen LogP contribution in [0.25, 0.3) is 0 Å². The van der Waals surface area contributed by atoms with Gasteiger partial charge in [0.2, 0.25) is 5.13 Å². The minimum atomic E-state index is -0.560. The van der Waals surface area contributed by atoms with Gasteiger partial charge in [-0.15, -0.1) is 10.2 Å². The quantitative estimate of drug-likeness (QED) is 0.538. The third kappa shape index (κ3) is 1.64. The second kappa shape index (κ2) is 3.22. The van der Waals surface area contributed by atoms with E-state index < -0.39 is 12.1 Å². The van der Waals surface area contributed by atoms with Crippen LogP contribution in [0.3, 0.4) is 0 Å². The van der Waals surface area contributed by atoms with Crippen molar-refractivity contribution in [3.63, 3.8) is 0 Å². The van der Waals surface area contributed by atoms with Crippen LogP contribution in [0.1, 0.15) is 5.01 Å². The lowest BCUT2D eigenvalue weighted by Gasteiger charge is -2.01. The number of carbonyl (C=O) groups excluding carboxylic acids is 2. The van der Waals surface area contributed by atoms with E-state index in [-0.39, 0.29) is 5.91 Å². The van der Waals surface area contributed by atoms with E-state index in [0.29, 0.717) is 16.6 Å². The highest BCUT2D eigenvalue weighted by molar-refractivity contribution is 7.15. The Labute approximate surface area is 82.7 Å². The van der Waals surface area contributed by atoms with Gasteiger partial charge in [-0.05, 0) is 0 Å². The first kappa shape index (κ1) is 8.88. The minimum absolute atomic E-state index is 0.326. The van der Waals surface area contributed by atoms with Crippen molar-refractivity contribution in [2.24, 2.45) is 0 Å². The monoisotopic (exact) mass is 213 g/mol. The molecule has 1 aliphatic heterocycles. The van der Waals surface area contributed by atoms with Gasteiger partial charge < -0.3 is 11.1 Å². The van der Waals surface area contributed by atoms with Gasteiger partial charge in [-0.3, -0.25) is 10.1 Å². The maximum Gasteiger partial charge on any atom is 0.322 e. The molecule has 3 amide bonds. The molecule has 4 N–H and O–H groups in total. The van der Waals surface area contributed by atoms with Gasteiger partial charge in [0.1, 0.15) is 11.0 Å². The Morgan fingerprint density at radius 1 is 1.43 bits per heavy atom. The first-order valence-electron chi connectivity index (χ1n) is 3.84. The fourth-order valence-electron chi connectivity index (χ4n) is 1.13. The van der Waals surface area contributed by atoms with Crippen LogP contribution in [0, 0.1) is 0 Å². The van der Waals surface area contributed by atoms with Crippen molar-refractivity contribution in [2.45, 2.75) is 12.5 Å². The molecule has 1 saturated heterocycles. The summed E-state index contributed by atoms with van der Waals surface area (Å²) in [5.74, 6) is -0.344. The van der Waals surface area contributed by atoms with Gasteiger partial charge in [0, 0.05) is 6.42 Å². The largest absolute Gasteiger partial charge is 0.374 e. The second-order valence-corrected chi connectivity index (χ2v) is 3.85. The van der Waals surface area contributed by atoms with E-state index in [1.165, 1.54) is 11.3 Å². The Morgan fingerprint density at radius 3 is 2.71 bits per heavy atom. The van der Waals surface area contributed by atoms with Crippen molar-refractivity contribution in [1.82, 2.24) is 20.8 Å². The molecule has 14 heavy (non-hydrogen) atoms. The first-order chi connectivity index (χ1) is 6.65. The number of anilines is 1. The Hall–Kier alpha value is -1.70. The maximum atomic E-state index is 11.1. The third-order valence-electron chi connectivity index (χ3n) is 1.72. The number of imide groups is 1. The Bertz CT molecular complexity index is 389.